The Morgan fingerprint density at radius 2 is 1.67 bits per heavy atom. The summed E-state index contributed by atoms with van der Waals surface area (Å²) in [6.07, 6.45) is 7.54. The topological polar surface area (TPSA) is 84.9 Å². The Kier molecular flexibility index (Phi) is 7.98. The van der Waals surface area contributed by atoms with Crippen molar-refractivity contribution in [2.24, 2.45) is 5.92 Å². The highest BCUT2D eigenvalue weighted by Crippen LogP contribution is 2.42. The fourth-order valence-electron chi connectivity index (χ4n) is 5.09. The summed E-state index contributed by atoms with van der Waals surface area (Å²) in [5.41, 5.74) is -1.41. The van der Waals surface area contributed by atoms with Gasteiger partial charge in [-0.15, -0.1) is 0 Å². The van der Waals surface area contributed by atoms with Gasteiger partial charge < -0.3 is 18.6 Å². The molecule has 6 nitrogen and oxygen atoms in total. The molecule has 3 fully saturated rings. The number of carbonyl (C=O) groups is 1. The molecule has 4 atom stereocenters. The molecule has 4 unspecified atom stereocenters. The maximum absolute atomic E-state index is 13.2. The summed E-state index contributed by atoms with van der Waals surface area (Å²) >= 11 is -2.21. The zero-order chi connectivity index (χ0) is 22.1. The van der Waals surface area contributed by atoms with Crippen molar-refractivity contribution in [1.29, 1.82) is 0 Å². The van der Waals surface area contributed by atoms with Crippen molar-refractivity contribution in [3.05, 3.63) is 0 Å². The van der Waals surface area contributed by atoms with Gasteiger partial charge in [0, 0.05) is 28.8 Å². The Labute approximate surface area is 188 Å². The molecule has 0 radical (unpaired) electrons. The Morgan fingerprint density at radius 3 is 2.23 bits per heavy atom. The van der Waals surface area contributed by atoms with Gasteiger partial charge in [-0.25, -0.2) is 4.79 Å². The van der Waals surface area contributed by atoms with Crippen LogP contribution < -0.4 is 0 Å². The molecule has 3 aliphatic rings. The minimum absolute atomic E-state index is 0.145. The Bertz CT molecular complexity index is 581. The van der Waals surface area contributed by atoms with Crippen LogP contribution in [0.3, 0.4) is 0 Å². The summed E-state index contributed by atoms with van der Waals surface area (Å²) in [7, 11) is 0. The van der Waals surface area contributed by atoms with Gasteiger partial charge in [0.2, 0.25) is 0 Å². The third kappa shape index (κ3) is 6.00. The predicted octanol–water partition coefficient (Wildman–Crippen LogP) is 4.31. The summed E-state index contributed by atoms with van der Waals surface area (Å²) in [6.45, 7) is 9.42. The third-order valence-corrected chi connectivity index (χ3v) is 10.6. The average molecular weight is 462 g/mol. The quantitative estimate of drug-likeness (QED) is 0.582. The summed E-state index contributed by atoms with van der Waals surface area (Å²) in [5.74, 6) is 1.77. The predicted molar refractivity (Wildman–Crippen MR) is 121 cm³/mol. The Balaban J connectivity index is 1.82. The van der Waals surface area contributed by atoms with Crippen LogP contribution in [0, 0.1) is 5.92 Å². The monoisotopic (exact) mass is 461 g/mol. The maximum atomic E-state index is 13.2. The first-order valence-electron chi connectivity index (χ1n) is 11.4. The van der Waals surface area contributed by atoms with Crippen molar-refractivity contribution in [3.8, 4) is 0 Å². The second kappa shape index (κ2) is 9.77. The molecule has 2 saturated heterocycles. The van der Waals surface area contributed by atoms with Crippen LogP contribution in [-0.4, -0.2) is 59.7 Å². The van der Waals surface area contributed by atoms with Gasteiger partial charge in [0.25, 0.3) is 4.58 Å². The van der Waals surface area contributed by atoms with Gasteiger partial charge in [-0.05, 0) is 47.0 Å². The zero-order valence-corrected chi connectivity index (χ0v) is 20.8. The molecular formula is C22H39NO5S2. The van der Waals surface area contributed by atoms with E-state index in [1.54, 1.807) is 4.90 Å². The van der Waals surface area contributed by atoms with Crippen LogP contribution in [0.25, 0.3) is 0 Å². The highest BCUT2D eigenvalue weighted by atomic mass is 32.3. The maximum Gasteiger partial charge on any atom is 0.412 e. The van der Waals surface area contributed by atoms with E-state index in [0.717, 1.165) is 12.8 Å². The van der Waals surface area contributed by atoms with E-state index in [9.17, 15) is 13.9 Å². The number of rotatable bonds is 4. The molecule has 3 rings (SSSR count). The van der Waals surface area contributed by atoms with Gasteiger partial charge in [0.1, 0.15) is 22.8 Å². The molecule has 0 bridgehead atoms. The number of carbonyl (C=O) groups excluding carboxylic acids is 1. The van der Waals surface area contributed by atoms with E-state index in [1.807, 2.05) is 34.6 Å². The lowest BCUT2D eigenvalue weighted by molar-refractivity contribution is -0.0794. The highest BCUT2D eigenvalue weighted by Gasteiger charge is 2.54. The van der Waals surface area contributed by atoms with Crippen LogP contribution in [0.15, 0.2) is 0 Å². The number of hydrogen-bond donors (Lipinski definition) is 0. The van der Waals surface area contributed by atoms with E-state index < -0.39 is 33.7 Å². The van der Waals surface area contributed by atoms with Crippen LogP contribution in [0.5, 0.6) is 0 Å². The van der Waals surface area contributed by atoms with Crippen molar-refractivity contribution >= 4 is 28.4 Å². The molecule has 2 heterocycles. The first-order valence-corrected chi connectivity index (χ1v) is 14.2. The number of hydrogen-bond acceptors (Lipinski definition) is 5. The van der Waals surface area contributed by atoms with Crippen molar-refractivity contribution < 1.29 is 23.4 Å². The fourth-order valence-corrected chi connectivity index (χ4v) is 9.00. The van der Waals surface area contributed by atoms with Crippen LogP contribution in [0.1, 0.15) is 86.0 Å². The second-order valence-corrected chi connectivity index (χ2v) is 14.2. The van der Waals surface area contributed by atoms with Gasteiger partial charge in [0.15, 0.2) is 0 Å². The lowest BCUT2D eigenvalue weighted by atomic mass is 9.83. The van der Waals surface area contributed by atoms with E-state index in [4.69, 9.17) is 9.47 Å². The first-order chi connectivity index (χ1) is 14.0. The number of nitrogens with zero attached hydrogens (tertiary/aromatic N) is 1. The molecule has 0 aromatic heterocycles. The minimum atomic E-state index is -1.10. The van der Waals surface area contributed by atoms with Crippen LogP contribution >= 0.6 is 0 Å². The van der Waals surface area contributed by atoms with E-state index in [0.29, 0.717) is 23.8 Å². The molecule has 2 aliphatic heterocycles. The lowest BCUT2D eigenvalue weighted by Gasteiger charge is -2.37. The second-order valence-electron chi connectivity index (χ2n) is 10.4. The standard InChI is InChI=1S/C22H39NO5S2/c1-21(2,3)28-20(24)23-17(14-16-10-7-6-8-11-16)18(27-22(23,4)5)15-19-29(25)12-9-13-30(19)26/h16-19H,6-15H2,1-5H3. The summed E-state index contributed by atoms with van der Waals surface area (Å²) in [4.78, 5) is 15.0. The largest absolute Gasteiger partial charge is 0.612 e. The highest BCUT2D eigenvalue weighted by molar-refractivity contribution is 8.09. The van der Waals surface area contributed by atoms with Crippen molar-refractivity contribution in [1.82, 2.24) is 4.90 Å². The van der Waals surface area contributed by atoms with Gasteiger partial charge in [-0.1, -0.05) is 32.1 Å². The first kappa shape index (κ1) is 24.5. The summed E-state index contributed by atoms with van der Waals surface area (Å²) in [6, 6.07) is -0.145. The third-order valence-electron chi connectivity index (χ3n) is 6.37. The normalized spacial score (nSPS) is 35.4. The summed E-state index contributed by atoms with van der Waals surface area (Å²) in [5, 5.41) is 0. The fraction of sp³-hybridized carbons (Fsp3) is 0.955. The molecule has 1 saturated carbocycles. The van der Waals surface area contributed by atoms with E-state index >= 15 is 0 Å². The molecule has 0 aromatic rings. The SMILES string of the molecule is CC(C)(C)OC(=O)N1C(CC2CCCCC2)C(CC2[S+]([O-])CCC[S+]2[O-])OC1(C)C. The zero-order valence-electron chi connectivity index (χ0n) is 19.2. The summed E-state index contributed by atoms with van der Waals surface area (Å²) < 4.78 is 37.0. The molecule has 1 aliphatic carbocycles. The van der Waals surface area contributed by atoms with E-state index in [1.165, 1.54) is 32.1 Å². The average Bonchev–Trinajstić information content (AvgIpc) is 2.87. The molecule has 0 spiro atoms. The molecule has 174 valence electrons. The smallest absolute Gasteiger partial charge is 0.412 e. The molecule has 0 N–H and O–H groups in total. The van der Waals surface area contributed by atoms with Crippen LogP contribution in [-0.2, 0) is 31.8 Å². The van der Waals surface area contributed by atoms with Gasteiger partial charge in [-0.3, -0.25) is 4.90 Å². The van der Waals surface area contributed by atoms with Gasteiger partial charge in [-0.2, -0.15) is 0 Å². The number of ether oxygens (including phenoxy) is 2. The van der Waals surface area contributed by atoms with Crippen molar-refractivity contribution in [2.75, 3.05) is 11.5 Å². The molecule has 30 heavy (non-hydrogen) atoms. The molecule has 0 aromatic carbocycles. The van der Waals surface area contributed by atoms with Crippen molar-refractivity contribution in [3.63, 3.8) is 0 Å². The van der Waals surface area contributed by atoms with Crippen LogP contribution in [0.2, 0.25) is 0 Å². The molecule has 1 amide bonds. The number of amides is 1. The van der Waals surface area contributed by atoms with E-state index in [-0.39, 0.29) is 22.8 Å². The molecule has 8 heteroatoms. The molecular weight excluding hydrogens is 422 g/mol. The Hall–Kier alpha value is -0.150. The minimum Gasteiger partial charge on any atom is -0.612 e. The lowest BCUT2D eigenvalue weighted by Crippen LogP contribution is -2.51. The Morgan fingerprint density at radius 1 is 1.07 bits per heavy atom. The van der Waals surface area contributed by atoms with E-state index in [2.05, 4.69) is 0 Å². The van der Waals surface area contributed by atoms with Crippen LogP contribution in [0.4, 0.5) is 4.79 Å². The van der Waals surface area contributed by atoms with Gasteiger partial charge >= 0.3 is 6.09 Å². The van der Waals surface area contributed by atoms with Crippen molar-refractivity contribution in [2.45, 2.75) is 114 Å². The van der Waals surface area contributed by atoms with Gasteiger partial charge in [0.05, 0.1) is 18.6 Å².